The number of carbonyl (C=O) groups is 2. The number of aromatic nitrogens is 1. The summed E-state index contributed by atoms with van der Waals surface area (Å²) in [5, 5.41) is 14.7. The van der Waals surface area contributed by atoms with Crippen molar-refractivity contribution in [1.29, 1.82) is 0 Å². The molecule has 2 amide bonds. The zero-order valence-corrected chi connectivity index (χ0v) is 19.0. The second-order valence-electron chi connectivity index (χ2n) is 8.72. The smallest absolute Gasteiger partial charge is 0.408 e. The maximum absolute atomic E-state index is 14.4. The molecule has 182 valence electrons. The van der Waals surface area contributed by atoms with E-state index in [-0.39, 0.29) is 23.9 Å². The molecule has 1 aromatic heterocycles. The Hall–Kier alpha value is -3.53. The molecule has 0 aliphatic rings. The number of ether oxygens (including phenoxy) is 1. The van der Waals surface area contributed by atoms with Gasteiger partial charge in [-0.25, -0.2) is 18.0 Å². The summed E-state index contributed by atoms with van der Waals surface area (Å²) in [5.41, 5.74) is 0.831. The summed E-state index contributed by atoms with van der Waals surface area (Å²) in [5.74, 6) is -2.65. The van der Waals surface area contributed by atoms with Crippen LogP contribution < -0.4 is 10.6 Å². The Morgan fingerprint density at radius 2 is 1.76 bits per heavy atom. The Bertz CT molecular complexity index is 1190. The lowest BCUT2D eigenvalue weighted by molar-refractivity contribution is -0.124. The lowest BCUT2D eigenvalue weighted by Crippen LogP contribution is -2.50. The molecular formula is C24H26F3N3O4. The number of halogens is 3. The third-order valence-electron chi connectivity index (χ3n) is 4.93. The number of amides is 2. The van der Waals surface area contributed by atoms with Crippen LogP contribution in [0.25, 0.3) is 22.2 Å². The first-order chi connectivity index (χ1) is 16.0. The fourth-order valence-corrected chi connectivity index (χ4v) is 3.47. The Labute approximate surface area is 194 Å². The van der Waals surface area contributed by atoms with E-state index < -0.39 is 47.7 Å². The predicted molar refractivity (Wildman–Crippen MR) is 121 cm³/mol. The van der Waals surface area contributed by atoms with Crippen molar-refractivity contribution in [2.45, 2.75) is 38.8 Å². The van der Waals surface area contributed by atoms with Gasteiger partial charge in [0.15, 0.2) is 0 Å². The molecule has 0 aliphatic carbocycles. The maximum Gasteiger partial charge on any atom is 0.408 e. The number of rotatable bonds is 7. The summed E-state index contributed by atoms with van der Waals surface area (Å²) in [7, 11) is 0. The highest BCUT2D eigenvalue weighted by molar-refractivity contribution is 5.91. The summed E-state index contributed by atoms with van der Waals surface area (Å²) in [6.45, 7) is 4.35. The van der Waals surface area contributed by atoms with Gasteiger partial charge in [-0.05, 0) is 68.7 Å². The number of H-pyrrole nitrogens is 1. The fraction of sp³-hybridized carbons (Fsp3) is 0.333. The number of aliphatic hydroxyl groups is 1. The molecule has 34 heavy (non-hydrogen) atoms. The monoisotopic (exact) mass is 477 g/mol. The summed E-state index contributed by atoms with van der Waals surface area (Å²) < 4.78 is 46.8. The van der Waals surface area contributed by atoms with E-state index in [4.69, 9.17) is 4.74 Å². The molecule has 0 radical (unpaired) electrons. The average molecular weight is 477 g/mol. The third kappa shape index (κ3) is 6.07. The zero-order valence-electron chi connectivity index (χ0n) is 19.0. The second kappa shape index (κ2) is 10.2. The van der Waals surface area contributed by atoms with Crippen molar-refractivity contribution in [1.82, 2.24) is 15.6 Å². The van der Waals surface area contributed by atoms with E-state index in [1.54, 1.807) is 20.8 Å². The van der Waals surface area contributed by atoms with Gasteiger partial charge < -0.3 is 25.5 Å². The van der Waals surface area contributed by atoms with Crippen molar-refractivity contribution in [3.05, 3.63) is 59.4 Å². The highest BCUT2D eigenvalue weighted by Gasteiger charge is 2.24. The van der Waals surface area contributed by atoms with Crippen molar-refractivity contribution < 1.29 is 32.6 Å². The molecule has 7 nitrogen and oxygen atoms in total. The van der Waals surface area contributed by atoms with Gasteiger partial charge in [-0.2, -0.15) is 0 Å². The number of hydrogen-bond donors (Lipinski definition) is 4. The van der Waals surface area contributed by atoms with Crippen LogP contribution in [0.5, 0.6) is 0 Å². The predicted octanol–water partition coefficient (Wildman–Crippen LogP) is 3.80. The van der Waals surface area contributed by atoms with E-state index in [2.05, 4.69) is 15.6 Å². The molecule has 3 rings (SSSR count). The number of alkyl carbamates (subject to hydrolysis) is 1. The minimum Gasteiger partial charge on any atom is -0.444 e. The molecule has 1 atom stereocenters. The maximum atomic E-state index is 14.4. The van der Waals surface area contributed by atoms with Crippen LogP contribution >= 0.6 is 0 Å². The van der Waals surface area contributed by atoms with Crippen LogP contribution in [0.1, 0.15) is 26.3 Å². The van der Waals surface area contributed by atoms with Crippen molar-refractivity contribution in [2.24, 2.45) is 0 Å². The quantitative estimate of drug-likeness (QED) is 0.416. The van der Waals surface area contributed by atoms with E-state index in [1.165, 1.54) is 30.3 Å². The van der Waals surface area contributed by atoms with Crippen LogP contribution in [0, 0.1) is 17.5 Å². The van der Waals surface area contributed by atoms with Crippen molar-refractivity contribution in [3.8, 4) is 11.3 Å². The average Bonchev–Trinajstić information content (AvgIpc) is 3.10. The van der Waals surface area contributed by atoms with Gasteiger partial charge in [0.1, 0.15) is 29.1 Å². The van der Waals surface area contributed by atoms with E-state index in [9.17, 15) is 27.9 Å². The summed E-state index contributed by atoms with van der Waals surface area (Å²) in [6, 6.07) is 6.19. The van der Waals surface area contributed by atoms with Crippen molar-refractivity contribution >= 4 is 22.9 Å². The van der Waals surface area contributed by atoms with Gasteiger partial charge in [-0.1, -0.05) is 0 Å². The normalized spacial score (nSPS) is 12.4. The lowest BCUT2D eigenvalue weighted by atomic mass is 10.0. The topological polar surface area (TPSA) is 103 Å². The van der Waals surface area contributed by atoms with Crippen LogP contribution in [0.2, 0.25) is 0 Å². The van der Waals surface area contributed by atoms with Gasteiger partial charge in [-0.3, -0.25) is 4.79 Å². The molecule has 0 saturated heterocycles. The standard InChI is InChI=1S/C24H26F3N3O4/c1-24(2,3)34-23(33)29-19(12-31)22(32)28-9-8-16-17-10-15(26)11-18(27)21(17)30-20(16)13-4-6-14(25)7-5-13/h4-7,10-11,19,30-31H,8-9,12H2,1-3H3,(H,28,32)(H,29,33)/t19-/m1/s1. The Kier molecular flexibility index (Phi) is 7.51. The summed E-state index contributed by atoms with van der Waals surface area (Å²) in [4.78, 5) is 27.3. The van der Waals surface area contributed by atoms with E-state index in [0.717, 1.165) is 6.07 Å². The number of benzene rings is 2. The van der Waals surface area contributed by atoms with Crippen LogP contribution in [-0.4, -0.2) is 46.9 Å². The molecule has 0 saturated carbocycles. The van der Waals surface area contributed by atoms with Gasteiger partial charge in [0.05, 0.1) is 12.1 Å². The van der Waals surface area contributed by atoms with Crippen molar-refractivity contribution in [3.63, 3.8) is 0 Å². The van der Waals surface area contributed by atoms with Gasteiger partial charge in [0, 0.05) is 23.7 Å². The molecule has 3 aromatic rings. The molecule has 0 fully saturated rings. The number of carbonyl (C=O) groups excluding carboxylic acids is 2. The molecule has 1 heterocycles. The first-order valence-corrected chi connectivity index (χ1v) is 10.6. The zero-order chi connectivity index (χ0) is 25.0. The number of aromatic amines is 1. The Morgan fingerprint density at radius 3 is 2.38 bits per heavy atom. The van der Waals surface area contributed by atoms with E-state index in [0.29, 0.717) is 16.8 Å². The van der Waals surface area contributed by atoms with Crippen LogP contribution in [-0.2, 0) is 16.0 Å². The lowest BCUT2D eigenvalue weighted by Gasteiger charge is -2.22. The van der Waals surface area contributed by atoms with Crippen LogP contribution in [0.15, 0.2) is 36.4 Å². The minimum absolute atomic E-state index is 0.0324. The fourth-order valence-electron chi connectivity index (χ4n) is 3.47. The molecule has 0 unspecified atom stereocenters. The molecule has 0 spiro atoms. The van der Waals surface area contributed by atoms with Crippen LogP contribution in [0.3, 0.4) is 0 Å². The molecule has 2 aromatic carbocycles. The summed E-state index contributed by atoms with van der Waals surface area (Å²) in [6.07, 6.45) is -0.700. The Morgan fingerprint density at radius 1 is 1.09 bits per heavy atom. The number of hydrogen-bond acceptors (Lipinski definition) is 4. The molecular weight excluding hydrogens is 451 g/mol. The first-order valence-electron chi connectivity index (χ1n) is 10.6. The molecule has 0 bridgehead atoms. The van der Waals surface area contributed by atoms with Crippen LogP contribution in [0.4, 0.5) is 18.0 Å². The van der Waals surface area contributed by atoms with Gasteiger partial charge >= 0.3 is 6.09 Å². The number of aliphatic hydroxyl groups excluding tert-OH is 1. The first kappa shape index (κ1) is 25.1. The van der Waals surface area contributed by atoms with Crippen molar-refractivity contribution in [2.75, 3.05) is 13.2 Å². The minimum atomic E-state index is -1.25. The third-order valence-corrected chi connectivity index (χ3v) is 4.93. The molecule has 4 N–H and O–H groups in total. The molecule has 0 aliphatic heterocycles. The highest BCUT2D eigenvalue weighted by atomic mass is 19.1. The Balaban J connectivity index is 1.79. The second-order valence-corrected chi connectivity index (χ2v) is 8.72. The number of fused-ring (bicyclic) bond motifs is 1. The summed E-state index contributed by atoms with van der Waals surface area (Å²) >= 11 is 0. The van der Waals surface area contributed by atoms with E-state index >= 15 is 0 Å². The number of nitrogens with one attached hydrogen (secondary N) is 3. The molecule has 10 heteroatoms. The van der Waals surface area contributed by atoms with E-state index in [1.807, 2.05) is 0 Å². The SMILES string of the molecule is CC(C)(C)OC(=O)N[C@H](CO)C(=O)NCCc1c(-c2ccc(F)cc2)[nH]c2c(F)cc(F)cc12. The van der Waals surface area contributed by atoms with Gasteiger partial charge in [0.25, 0.3) is 0 Å². The van der Waals surface area contributed by atoms with Gasteiger partial charge in [-0.15, -0.1) is 0 Å². The highest BCUT2D eigenvalue weighted by Crippen LogP contribution is 2.32. The van der Waals surface area contributed by atoms with Gasteiger partial charge in [0.2, 0.25) is 5.91 Å². The largest absolute Gasteiger partial charge is 0.444 e.